The predicted octanol–water partition coefficient (Wildman–Crippen LogP) is 3.58. The zero-order valence-electron chi connectivity index (χ0n) is 9.70. The molecule has 0 N–H and O–H groups in total. The lowest BCUT2D eigenvalue weighted by atomic mass is 9.98. The van der Waals surface area contributed by atoms with Crippen LogP contribution in [0.15, 0.2) is 36.5 Å². The quantitative estimate of drug-likeness (QED) is 0.757. The summed E-state index contributed by atoms with van der Waals surface area (Å²) in [7, 11) is 0. The van der Waals surface area contributed by atoms with Crippen molar-refractivity contribution in [1.29, 1.82) is 0 Å². The van der Waals surface area contributed by atoms with Crippen LogP contribution in [0.5, 0.6) is 0 Å². The zero-order chi connectivity index (χ0) is 12.4. The monoisotopic (exact) mass is 245 g/mol. The largest absolute Gasteiger partial charge is 0.287 e. The van der Waals surface area contributed by atoms with Gasteiger partial charge in [-0.05, 0) is 37.1 Å². The van der Waals surface area contributed by atoms with Gasteiger partial charge in [-0.2, -0.15) is 0 Å². The van der Waals surface area contributed by atoms with Crippen molar-refractivity contribution in [2.24, 2.45) is 0 Å². The van der Waals surface area contributed by atoms with Crippen molar-refractivity contribution in [2.45, 2.75) is 13.8 Å². The van der Waals surface area contributed by atoms with Gasteiger partial charge in [0, 0.05) is 11.8 Å². The van der Waals surface area contributed by atoms with Crippen molar-refractivity contribution in [2.75, 3.05) is 0 Å². The van der Waals surface area contributed by atoms with Crippen molar-refractivity contribution in [3.05, 3.63) is 63.9 Å². The molecule has 0 aliphatic heterocycles. The van der Waals surface area contributed by atoms with Gasteiger partial charge in [-0.1, -0.05) is 29.8 Å². The Morgan fingerprint density at radius 3 is 2.65 bits per heavy atom. The number of benzene rings is 1. The molecule has 2 rings (SSSR count). The van der Waals surface area contributed by atoms with E-state index in [9.17, 15) is 4.79 Å². The molecule has 0 fully saturated rings. The first-order valence-corrected chi connectivity index (χ1v) is 5.70. The van der Waals surface area contributed by atoms with E-state index in [0.29, 0.717) is 16.3 Å². The molecular formula is C14H12ClNO. The number of aromatic nitrogens is 1. The predicted molar refractivity (Wildman–Crippen MR) is 68.6 cm³/mol. The van der Waals surface area contributed by atoms with E-state index >= 15 is 0 Å². The smallest absolute Gasteiger partial charge is 0.213 e. The lowest BCUT2D eigenvalue weighted by Crippen LogP contribution is -2.07. The summed E-state index contributed by atoms with van der Waals surface area (Å²) in [6, 6.07) is 9.03. The van der Waals surface area contributed by atoms with Crippen LogP contribution in [-0.2, 0) is 0 Å². The van der Waals surface area contributed by atoms with Crippen molar-refractivity contribution < 1.29 is 4.79 Å². The van der Waals surface area contributed by atoms with Gasteiger partial charge in [0.2, 0.25) is 5.78 Å². The van der Waals surface area contributed by atoms with Crippen LogP contribution in [-0.4, -0.2) is 10.8 Å². The van der Waals surface area contributed by atoms with Crippen molar-refractivity contribution >= 4 is 17.4 Å². The van der Waals surface area contributed by atoms with E-state index in [0.717, 1.165) is 11.1 Å². The molecule has 0 amide bonds. The fourth-order valence-corrected chi connectivity index (χ4v) is 1.88. The van der Waals surface area contributed by atoms with Crippen LogP contribution in [0.2, 0.25) is 5.02 Å². The Kier molecular flexibility index (Phi) is 3.25. The molecule has 1 aromatic carbocycles. The molecule has 0 saturated heterocycles. The molecule has 2 aromatic rings. The average molecular weight is 246 g/mol. The second kappa shape index (κ2) is 4.68. The first kappa shape index (κ1) is 11.8. The SMILES string of the molecule is Cc1cccc(C(=O)c2ncccc2Cl)c1C. The molecule has 17 heavy (non-hydrogen) atoms. The van der Waals surface area contributed by atoms with Crippen molar-refractivity contribution in [1.82, 2.24) is 4.98 Å². The summed E-state index contributed by atoms with van der Waals surface area (Å²) in [5, 5.41) is 0.387. The van der Waals surface area contributed by atoms with Gasteiger partial charge in [-0.25, -0.2) is 0 Å². The fraction of sp³-hybridized carbons (Fsp3) is 0.143. The van der Waals surface area contributed by atoms with Gasteiger partial charge in [0.15, 0.2) is 0 Å². The van der Waals surface area contributed by atoms with Gasteiger partial charge in [0.1, 0.15) is 5.69 Å². The Labute approximate surface area is 105 Å². The molecule has 2 nitrogen and oxygen atoms in total. The summed E-state index contributed by atoms with van der Waals surface area (Å²) in [6.45, 7) is 3.91. The number of aryl methyl sites for hydroxylation is 1. The van der Waals surface area contributed by atoms with Crippen LogP contribution in [0.1, 0.15) is 27.2 Å². The van der Waals surface area contributed by atoms with E-state index in [2.05, 4.69) is 4.98 Å². The Hall–Kier alpha value is -1.67. The van der Waals surface area contributed by atoms with Gasteiger partial charge in [-0.3, -0.25) is 9.78 Å². The maximum Gasteiger partial charge on any atom is 0.213 e. The summed E-state index contributed by atoms with van der Waals surface area (Å²) < 4.78 is 0. The molecule has 3 heteroatoms. The lowest BCUT2D eigenvalue weighted by molar-refractivity contribution is 0.103. The van der Waals surface area contributed by atoms with Crippen LogP contribution >= 0.6 is 11.6 Å². The van der Waals surface area contributed by atoms with E-state index in [1.165, 1.54) is 0 Å². The Bertz CT molecular complexity index is 578. The average Bonchev–Trinajstić information content (AvgIpc) is 2.32. The van der Waals surface area contributed by atoms with Crippen LogP contribution < -0.4 is 0 Å². The molecule has 86 valence electrons. The summed E-state index contributed by atoms with van der Waals surface area (Å²) in [4.78, 5) is 16.3. The number of carbonyl (C=O) groups is 1. The van der Waals surface area contributed by atoms with E-state index in [1.54, 1.807) is 24.4 Å². The minimum absolute atomic E-state index is 0.128. The van der Waals surface area contributed by atoms with E-state index in [-0.39, 0.29) is 5.78 Å². The molecule has 0 radical (unpaired) electrons. The molecule has 0 bridgehead atoms. The number of nitrogens with zero attached hydrogens (tertiary/aromatic N) is 1. The Balaban J connectivity index is 2.52. The summed E-state index contributed by atoms with van der Waals surface area (Å²) in [5.41, 5.74) is 3.02. The minimum Gasteiger partial charge on any atom is -0.287 e. The first-order chi connectivity index (χ1) is 8.11. The van der Waals surface area contributed by atoms with Gasteiger partial charge in [0.25, 0.3) is 0 Å². The number of hydrogen-bond donors (Lipinski definition) is 0. The number of halogens is 1. The Morgan fingerprint density at radius 1 is 1.18 bits per heavy atom. The van der Waals surface area contributed by atoms with E-state index < -0.39 is 0 Å². The van der Waals surface area contributed by atoms with Gasteiger partial charge in [-0.15, -0.1) is 0 Å². The highest BCUT2D eigenvalue weighted by molar-refractivity contribution is 6.34. The van der Waals surface area contributed by atoms with E-state index in [1.807, 2.05) is 26.0 Å². The van der Waals surface area contributed by atoms with Crippen LogP contribution in [0.25, 0.3) is 0 Å². The molecule has 0 unspecified atom stereocenters. The maximum atomic E-state index is 12.3. The molecule has 0 aliphatic rings. The molecule has 1 aromatic heterocycles. The number of hydrogen-bond acceptors (Lipinski definition) is 2. The normalized spacial score (nSPS) is 10.3. The second-order valence-corrected chi connectivity index (χ2v) is 4.32. The molecule has 0 aliphatic carbocycles. The van der Waals surface area contributed by atoms with E-state index in [4.69, 9.17) is 11.6 Å². The highest BCUT2D eigenvalue weighted by Crippen LogP contribution is 2.20. The number of rotatable bonds is 2. The summed E-state index contributed by atoms with van der Waals surface area (Å²) in [6.07, 6.45) is 1.57. The van der Waals surface area contributed by atoms with Crippen molar-refractivity contribution in [3.63, 3.8) is 0 Å². The van der Waals surface area contributed by atoms with Gasteiger partial charge in [0.05, 0.1) is 5.02 Å². The van der Waals surface area contributed by atoms with Gasteiger partial charge < -0.3 is 0 Å². The lowest BCUT2D eigenvalue weighted by Gasteiger charge is -2.07. The molecule has 0 spiro atoms. The first-order valence-electron chi connectivity index (χ1n) is 5.32. The zero-order valence-corrected chi connectivity index (χ0v) is 10.5. The fourth-order valence-electron chi connectivity index (χ4n) is 1.68. The topological polar surface area (TPSA) is 30.0 Å². The molecule has 0 atom stereocenters. The van der Waals surface area contributed by atoms with Crippen molar-refractivity contribution in [3.8, 4) is 0 Å². The second-order valence-electron chi connectivity index (χ2n) is 3.91. The third-order valence-electron chi connectivity index (χ3n) is 2.82. The van der Waals surface area contributed by atoms with Crippen LogP contribution in [0, 0.1) is 13.8 Å². The maximum absolute atomic E-state index is 12.3. The molecule has 0 saturated carbocycles. The Morgan fingerprint density at radius 2 is 1.94 bits per heavy atom. The third-order valence-corrected chi connectivity index (χ3v) is 3.13. The highest BCUT2D eigenvalue weighted by Gasteiger charge is 2.16. The van der Waals surface area contributed by atoms with Crippen LogP contribution in [0.4, 0.5) is 0 Å². The summed E-state index contributed by atoms with van der Waals surface area (Å²) >= 11 is 5.98. The highest BCUT2D eigenvalue weighted by atomic mass is 35.5. The standard InChI is InChI=1S/C14H12ClNO/c1-9-5-3-6-11(10(9)2)14(17)13-12(15)7-4-8-16-13/h3-8H,1-2H3. The number of carbonyl (C=O) groups excluding carboxylic acids is 1. The van der Waals surface area contributed by atoms with Crippen LogP contribution in [0.3, 0.4) is 0 Å². The summed E-state index contributed by atoms with van der Waals surface area (Å²) in [5.74, 6) is -0.128. The number of pyridine rings is 1. The minimum atomic E-state index is -0.128. The third kappa shape index (κ3) is 2.22. The molecular weight excluding hydrogens is 234 g/mol. The van der Waals surface area contributed by atoms with Gasteiger partial charge >= 0.3 is 0 Å². The number of ketones is 1. The molecule has 1 heterocycles.